The van der Waals surface area contributed by atoms with Gasteiger partial charge in [-0.2, -0.15) is 15.0 Å². The first-order valence-electron chi connectivity index (χ1n) is 6.91. The van der Waals surface area contributed by atoms with Crippen LogP contribution >= 0.6 is 11.6 Å². The molecule has 2 rings (SSSR count). The third-order valence-electron chi connectivity index (χ3n) is 3.23. The van der Waals surface area contributed by atoms with Crippen LogP contribution < -0.4 is 9.64 Å². The molecule has 0 N–H and O–H groups in total. The summed E-state index contributed by atoms with van der Waals surface area (Å²) >= 11 is 5.97. The highest BCUT2D eigenvalue weighted by atomic mass is 35.5. The first kappa shape index (κ1) is 14.3. The van der Waals surface area contributed by atoms with Crippen LogP contribution in [0.25, 0.3) is 0 Å². The summed E-state index contributed by atoms with van der Waals surface area (Å²) in [5, 5.41) is 0.192. The first-order valence-corrected chi connectivity index (χ1v) is 7.29. The summed E-state index contributed by atoms with van der Waals surface area (Å²) in [5.41, 5.74) is 0. The number of halogens is 1. The van der Waals surface area contributed by atoms with Crippen molar-refractivity contribution in [2.24, 2.45) is 0 Å². The highest BCUT2D eigenvalue weighted by Crippen LogP contribution is 2.23. The van der Waals surface area contributed by atoms with E-state index in [1.54, 1.807) is 0 Å². The van der Waals surface area contributed by atoms with Crippen LogP contribution in [0.4, 0.5) is 5.95 Å². The Kier molecular flexibility index (Phi) is 4.80. The summed E-state index contributed by atoms with van der Waals surface area (Å²) < 4.78 is 5.52. The Bertz CT molecular complexity index is 427. The van der Waals surface area contributed by atoms with E-state index in [1.165, 1.54) is 12.8 Å². The van der Waals surface area contributed by atoms with Gasteiger partial charge in [-0.3, -0.25) is 0 Å². The smallest absolute Gasteiger partial charge is 0.322 e. The van der Waals surface area contributed by atoms with Crippen molar-refractivity contribution in [2.75, 3.05) is 11.4 Å². The fourth-order valence-corrected chi connectivity index (χ4v) is 2.43. The molecule has 2 heterocycles. The van der Waals surface area contributed by atoms with Gasteiger partial charge in [0.25, 0.3) is 0 Å². The first-order chi connectivity index (χ1) is 9.06. The Morgan fingerprint density at radius 2 is 2.00 bits per heavy atom. The average Bonchev–Trinajstić information content (AvgIpc) is 2.52. The maximum Gasteiger partial charge on any atom is 0.322 e. The molecule has 1 unspecified atom stereocenters. The molecule has 0 bridgehead atoms. The molecule has 1 aliphatic rings. The van der Waals surface area contributed by atoms with Gasteiger partial charge in [0.1, 0.15) is 0 Å². The van der Waals surface area contributed by atoms with Gasteiger partial charge in [0.15, 0.2) is 0 Å². The maximum absolute atomic E-state index is 5.97. The lowest BCUT2D eigenvalue weighted by Gasteiger charge is -2.27. The summed E-state index contributed by atoms with van der Waals surface area (Å²) in [6.07, 6.45) is 4.85. The van der Waals surface area contributed by atoms with Gasteiger partial charge in [-0.25, -0.2) is 0 Å². The van der Waals surface area contributed by atoms with Gasteiger partial charge in [-0.05, 0) is 45.2 Å². The number of aromatic nitrogens is 3. The normalized spacial score (nSPS) is 20.5. The zero-order valence-electron chi connectivity index (χ0n) is 11.8. The Balaban J connectivity index is 2.24. The molecule has 0 aliphatic carbocycles. The molecule has 0 saturated carbocycles. The molecule has 19 heavy (non-hydrogen) atoms. The average molecular weight is 285 g/mol. The zero-order chi connectivity index (χ0) is 13.8. The van der Waals surface area contributed by atoms with Crippen molar-refractivity contribution >= 4 is 17.5 Å². The van der Waals surface area contributed by atoms with E-state index in [4.69, 9.17) is 16.3 Å². The molecule has 0 radical (unpaired) electrons. The van der Waals surface area contributed by atoms with Crippen molar-refractivity contribution in [3.63, 3.8) is 0 Å². The molecule has 1 fully saturated rings. The van der Waals surface area contributed by atoms with E-state index in [2.05, 4.69) is 26.8 Å². The molecular weight excluding hydrogens is 264 g/mol. The molecule has 1 aromatic heterocycles. The van der Waals surface area contributed by atoms with Crippen LogP contribution in [0.5, 0.6) is 6.01 Å². The molecule has 1 aliphatic heterocycles. The van der Waals surface area contributed by atoms with Crippen LogP contribution in [-0.2, 0) is 0 Å². The van der Waals surface area contributed by atoms with E-state index in [1.807, 2.05) is 13.8 Å². The van der Waals surface area contributed by atoms with Crippen molar-refractivity contribution in [1.29, 1.82) is 0 Å². The second-order valence-corrected chi connectivity index (χ2v) is 5.58. The predicted octanol–water partition coefficient (Wildman–Crippen LogP) is 3.08. The minimum atomic E-state index is 0.0212. The topological polar surface area (TPSA) is 51.1 Å². The highest BCUT2D eigenvalue weighted by Gasteiger charge is 2.21. The predicted molar refractivity (Wildman–Crippen MR) is 75.9 cm³/mol. The number of anilines is 1. The standard InChI is InChI=1S/C13H21ClN4O/c1-9(2)19-13-16-11(14)15-12(17-13)18-8-6-4-5-7-10(18)3/h9-10H,4-8H2,1-3H3. The van der Waals surface area contributed by atoms with Gasteiger partial charge in [-0.15, -0.1) is 0 Å². The minimum absolute atomic E-state index is 0.0212. The molecule has 5 nitrogen and oxygen atoms in total. The Labute approximate surface area is 119 Å². The van der Waals surface area contributed by atoms with Crippen LogP contribution in [0.1, 0.15) is 46.5 Å². The van der Waals surface area contributed by atoms with Crippen molar-refractivity contribution < 1.29 is 4.74 Å². The largest absolute Gasteiger partial charge is 0.461 e. The van der Waals surface area contributed by atoms with Crippen molar-refractivity contribution in [1.82, 2.24) is 15.0 Å². The number of hydrogen-bond acceptors (Lipinski definition) is 5. The molecule has 106 valence electrons. The monoisotopic (exact) mass is 284 g/mol. The molecule has 1 aromatic rings. The summed E-state index contributed by atoms with van der Waals surface area (Å²) in [6, 6.07) is 0.731. The minimum Gasteiger partial charge on any atom is -0.461 e. The molecule has 1 saturated heterocycles. The molecule has 0 aromatic carbocycles. The van der Waals surface area contributed by atoms with Crippen LogP contribution in [0.3, 0.4) is 0 Å². The summed E-state index contributed by atoms with van der Waals surface area (Å²) in [4.78, 5) is 14.8. The van der Waals surface area contributed by atoms with Gasteiger partial charge in [0.2, 0.25) is 11.2 Å². The molecule has 6 heteroatoms. The van der Waals surface area contributed by atoms with Gasteiger partial charge in [0.05, 0.1) is 6.10 Å². The Morgan fingerprint density at radius 1 is 1.21 bits per heavy atom. The highest BCUT2D eigenvalue weighted by molar-refractivity contribution is 6.28. The summed E-state index contributed by atoms with van der Waals surface area (Å²) in [5.74, 6) is 0.630. The van der Waals surface area contributed by atoms with Crippen LogP contribution in [-0.4, -0.2) is 33.6 Å². The number of nitrogens with zero attached hydrogens (tertiary/aromatic N) is 4. The van der Waals surface area contributed by atoms with Crippen LogP contribution in [0.2, 0.25) is 5.28 Å². The molecule has 0 spiro atoms. The van der Waals surface area contributed by atoms with Gasteiger partial charge in [-0.1, -0.05) is 12.8 Å². The second kappa shape index (κ2) is 6.37. The third kappa shape index (κ3) is 3.93. The SMILES string of the molecule is CC(C)Oc1nc(Cl)nc(N2CCCCCC2C)n1. The summed E-state index contributed by atoms with van der Waals surface area (Å²) in [6.45, 7) is 7.03. The van der Waals surface area contributed by atoms with Gasteiger partial charge in [0, 0.05) is 12.6 Å². The summed E-state index contributed by atoms with van der Waals surface area (Å²) in [7, 11) is 0. The fraction of sp³-hybridized carbons (Fsp3) is 0.769. The van der Waals surface area contributed by atoms with E-state index >= 15 is 0 Å². The number of rotatable bonds is 3. The molecule has 1 atom stereocenters. The van der Waals surface area contributed by atoms with Crippen molar-refractivity contribution in [3.05, 3.63) is 5.28 Å². The molecule has 0 amide bonds. The van der Waals surface area contributed by atoms with E-state index in [-0.39, 0.29) is 11.4 Å². The quantitative estimate of drug-likeness (QED) is 0.854. The maximum atomic E-state index is 5.97. The third-order valence-corrected chi connectivity index (χ3v) is 3.40. The second-order valence-electron chi connectivity index (χ2n) is 5.25. The number of hydrogen-bond donors (Lipinski definition) is 0. The van der Waals surface area contributed by atoms with E-state index < -0.39 is 0 Å². The fourth-order valence-electron chi connectivity index (χ4n) is 2.29. The van der Waals surface area contributed by atoms with Crippen molar-refractivity contribution in [3.8, 4) is 6.01 Å². The van der Waals surface area contributed by atoms with Crippen molar-refractivity contribution in [2.45, 2.75) is 58.6 Å². The Hall–Kier alpha value is -1.10. The Morgan fingerprint density at radius 3 is 2.74 bits per heavy atom. The zero-order valence-corrected chi connectivity index (χ0v) is 12.5. The van der Waals surface area contributed by atoms with E-state index in [0.717, 1.165) is 19.4 Å². The lowest BCUT2D eigenvalue weighted by atomic mass is 10.1. The number of ether oxygens (including phenoxy) is 1. The molecular formula is C13H21ClN4O. The van der Waals surface area contributed by atoms with Crippen LogP contribution in [0, 0.1) is 0 Å². The van der Waals surface area contributed by atoms with E-state index in [9.17, 15) is 0 Å². The van der Waals surface area contributed by atoms with Gasteiger partial charge < -0.3 is 9.64 Å². The lowest BCUT2D eigenvalue weighted by molar-refractivity contribution is 0.221. The van der Waals surface area contributed by atoms with Gasteiger partial charge >= 0.3 is 6.01 Å². The lowest BCUT2D eigenvalue weighted by Crippen LogP contribution is -2.34. The van der Waals surface area contributed by atoms with E-state index in [0.29, 0.717) is 18.0 Å². The van der Waals surface area contributed by atoms with Crippen LogP contribution in [0.15, 0.2) is 0 Å².